The molecular weight excluding hydrogens is 266 g/mol. The summed E-state index contributed by atoms with van der Waals surface area (Å²) in [7, 11) is 0. The second kappa shape index (κ2) is 6.54. The van der Waals surface area contributed by atoms with Crippen molar-refractivity contribution in [2.24, 2.45) is 5.92 Å². The summed E-state index contributed by atoms with van der Waals surface area (Å²) < 4.78 is 0. The fraction of sp³-hybridized carbons (Fsp3) is 0.812. The van der Waals surface area contributed by atoms with Crippen molar-refractivity contribution < 1.29 is 0 Å². The lowest BCUT2D eigenvalue weighted by Gasteiger charge is -2.36. The molecule has 1 N–H and O–H groups in total. The van der Waals surface area contributed by atoms with Crippen LogP contribution in [-0.4, -0.2) is 35.6 Å². The number of piperazine rings is 1. The first-order chi connectivity index (χ1) is 9.40. The minimum absolute atomic E-state index is 0.164. The molecule has 0 aliphatic carbocycles. The highest BCUT2D eigenvalue weighted by Crippen LogP contribution is 2.25. The highest BCUT2D eigenvalue weighted by molar-refractivity contribution is 7.09. The highest BCUT2D eigenvalue weighted by Gasteiger charge is 2.24. The van der Waals surface area contributed by atoms with Crippen LogP contribution in [-0.2, 0) is 12.0 Å². The van der Waals surface area contributed by atoms with E-state index in [9.17, 15) is 0 Å². The topological polar surface area (TPSA) is 28.2 Å². The molecule has 0 spiro atoms. The SMILES string of the molecule is CCC(C)C1CN(Cc2nc(C(C)(C)C)cs2)CCN1. The maximum atomic E-state index is 4.82. The lowest BCUT2D eigenvalue weighted by molar-refractivity contribution is 0.162. The normalized spacial score (nSPS) is 22.9. The lowest BCUT2D eigenvalue weighted by Crippen LogP contribution is -2.52. The van der Waals surface area contributed by atoms with E-state index in [4.69, 9.17) is 4.98 Å². The van der Waals surface area contributed by atoms with Crippen molar-refractivity contribution in [1.29, 1.82) is 0 Å². The Morgan fingerprint density at radius 1 is 1.50 bits per heavy atom. The molecular formula is C16H29N3S. The molecule has 0 saturated carbocycles. The van der Waals surface area contributed by atoms with Gasteiger partial charge < -0.3 is 5.32 Å². The zero-order valence-corrected chi connectivity index (χ0v) is 14.4. The number of hydrogen-bond donors (Lipinski definition) is 1. The Labute approximate surface area is 127 Å². The number of hydrogen-bond acceptors (Lipinski definition) is 4. The number of thiazole rings is 1. The van der Waals surface area contributed by atoms with Crippen LogP contribution >= 0.6 is 11.3 Å². The molecule has 1 aliphatic rings. The van der Waals surface area contributed by atoms with E-state index in [1.807, 2.05) is 11.3 Å². The summed E-state index contributed by atoms with van der Waals surface area (Å²) in [4.78, 5) is 7.38. The molecule has 2 rings (SSSR count). The van der Waals surface area contributed by atoms with E-state index in [2.05, 4.69) is 50.2 Å². The molecule has 114 valence electrons. The number of nitrogens with one attached hydrogen (secondary N) is 1. The van der Waals surface area contributed by atoms with Crippen molar-refractivity contribution in [2.75, 3.05) is 19.6 Å². The smallest absolute Gasteiger partial charge is 0.107 e. The first-order valence-corrected chi connectivity index (χ1v) is 8.68. The number of aromatic nitrogens is 1. The van der Waals surface area contributed by atoms with Crippen molar-refractivity contribution in [3.63, 3.8) is 0 Å². The average molecular weight is 295 g/mol. The molecule has 2 atom stereocenters. The second-order valence-corrected chi connectivity index (χ2v) is 8.00. The maximum absolute atomic E-state index is 4.82. The fourth-order valence-electron chi connectivity index (χ4n) is 2.57. The lowest BCUT2D eigenvalue weighted by atomic mass is 9.93. The Morgan fingerprint density at radius 3 is 2.85 bits per heavy atom. The van der Waals surface area contributed by atoms with Gasteiger partial charge in [-0.3, -0.25) is 4.90 Å². The average Bonchev–Trinajstić information content (AvgIpc) is 2.86. The van der Waals surface area contributed by atoms with Gasteiger partial charge >= 0.3 is 0 Å². The molecule has 20 heavy (non-hydrogen) atoms. The van der Waals surface area contributed by atoms with E-state index >= 15 is 0 Å². The molecule has 1 aromatic rings. The molecule has 2 unspecified atom stereocenters. The van der Waals surface area contributed by atoms with Gasteiger partial charge in [0, 0.05) is 36.5 Å². The second-order valence-electron chi connectivity index (χ2n) is 7.06. The van der Waals surface area contributed by atoms with Crippen molar-refractivity contribution in [3.8, 4) is 0 Å². The molecule has 0 radical (unpaired) electrons. The Hall–Kier alpha value is -0.450. The molecule has 1 fully saturated rings. The Bertz CT molecular complexity index is 422. The van der Waals surface area contributed by atoms with E-state index in [0.29, 0.717) is 6.04 Å². The van der Waals surface area contributed by atoms with Gasteiger partial charge in [-0.2, -0.15) is 0 Å². The summed E-state index contributed by atoms with van der Waals surface area (Å²) in [5, 5.41) is 7.15. The quantitative estimate of drug-likeness (QED) is 0.924. The van der Waals surface area contributed by atoms with Gasteiger partial charge in [-0.1, -0.05) is 41.0 Å². The Balaban J connectivity index is 1.94. The fourth-order valence-corrected chi connectivity index (χ4v) is 3.63. The van der Waals surface area contributed by atoms with E-state index in [1.54, 1.807) is 0 Å². The third-order valence-corrected chi connectivity index (χ3v) is 5.13. The van der Waals surface area contributed by atoms with Gasteiger partial charge in [0.2, 0.25) is 0 Å². The first-order valence-electron chi connectivity index (χ1n) is 7.80. The van der Waals surface area contributed by atoms with Crippen LogP contribution in [0.5, 0.6) is 0 Å². The van der Waals surface area contributed by atoms with Gasteiger partial charge in [0.1, 0.15) is 5.01 Å². The van der Waals surface area contributed by atoms with E-state index < -0.39 is 0 Å². The third kappa shape index (κ3) is 4.03. The standard InChI is InChI=1S/C16H29N3S/c1-6-12(2)13-9-19(8-7-17-13)10-15-18-14(11-20-15)16(3,4)5/h11-13,17H,6-10H2,1-5H3. The first kappa shape index (κ1) is 15.9. The van der Waals surface area contributed by atoms with Crippen LogP contribution in [0.15, 0.2) is 5.38 Å². The predicted molar refractivity (Wildman–Crippen MR) is 87.3 cm³/mol. The molecule has 0 amide bonds. The number of rotatable bonds is 4. The molecule has 4 heteroatoms. The monoisotopic (exact) mass is 295 g/mol. The summed E-state index contributed by atoms with van der Waals surface area (Å²) in [6.07, 6.45) is 1.25. The van der Waals surface area contributed by atoms with E-state index in [0.717, 1.165) is 32.1 Å². The summed E-state index contributed by atoms with van der Waals surface area (Å²) >= 11 is 1.81. The molecule has 1 aliphatic heterocycles. The minimum Gasteiger partial charge on any atom is -0.311 e. The molecule has 0 bridgehead atoms. The third-order valence-electron chi connectivity index (χ3n) is 4.30. The molecule has 1 aromatic heterocycles. The van der Waals surface area contributed by atoms with Gasteiger partial charge in [0.15, 0.2) is 0 Å². The Kier molecular flexibility index (Phi) is 5.21. The predicted octanol–water partition coefficient (Wildman–Crippen LogP) is 3.26. The molecule has 0 aromatic carbocycles. The van der Waals surface area contributed by atoms with Crippen LogP contribution in [0.2, 0.25) is 0 Å². The van der Waals surface area contributed by atoms with E-state index in [1.165, 1.54) is 17.1 Å². The van der Waals surface area contributed by atoms with Crippen molar-refractivity contribution >= 4 is 11.3 Å². The highest BCUT2D eigenvalue weighted by atomic mass is 32.1. The van der Waals surface area contributed by atoms with Gasteiger partial charge in [0.25, 0.3) is 0 Å². The Morgan fingerprint density at radius 2 is 2.25 bits per heavy atom. The van der Waals surface area contributed by atoms with Crippen LogP contribution in [0, 0.1) is 5.92 Å². The van der Waals surface area contributed by atoms with Gasteiger partial charge in [-0.15, -0.1) is 11.3 Å². The zero-order chi connectivity index (χ0) is 14.8. The van der Waals surface area contributed by atoms with Gasteiger partial charge in [0.05, 0.1) is 12.2 Å². The number of nitrogens with zero attached hydrogens (tertiary/aromatic N) is 2. The summed E-state index contributed by atoms with van der Waals surface area (Å²) in [5.41, 5.74) is 1.39. The molecule has 2 heterocycles. The van der Waals surface area contributed by atoms with Gasteiger partial charge in [-0.05, 0) is 5.92 Å². The maximum Gasteiger partial charge on any atom is 0.107 e. The van der Waals surface area contributed by atoms with Crippen LogP contribution in [0.3, 0.4) is 0 Å². The van der Waals surface area contributed by atoms with Crippen LogP contribution in [0.4, 0.5) is 0 Å². The summed E-state index contributed by atoms with van der Waals surface area (Å²) in [5.74, 6) is 0.749. The largest absolute Gasteiger partial charge is 0.311 e. The summed E-state index contributed by atoms with van der Waals surface area (Å²) in [6, 6.07) is 0.635. The van der Waals surface area contributed by atoms with Crippen molar-refractivity contribution in [2.45, 2.75) is 59.0 Å². The van der Waals surface area contributed by atoms with Crippen molar-refractivity contribution in [3.05, 3.63) is 16.1 Å². The van der Waals surface area contributed by atoms with Crippen LogP contribution < -0.4 is 5.32 Å². The van der Waals surface area contributed by atoms with Crippen LogP contribution in [0.25, 0.3) is 0 Å². The van der Waals surface area contributed by atoms with Gasteiger partial charge in [-0.25, -0.2) is 4.98 Å². The van der Waals surface area contributed by atoms with Crippen LogP contribution in [0.1, 0.15) is 51.7 Å². The zero-order valence-electron chi connectivity index (χ0n) is 13.6. The molecule has 1 saturated heterocycles. The van der Waals surface area contributed by atoms with E-state index in [-0.39, 0.29) is 5.41 Å². The van der Waals surface area contributed by atoms with Crippen molar-refractivity contribution in [1.82, 2.24) is 15.2 Å². The molecule has 3 nitrogen and oxygen atoms in total. The summed E-state index contributed by atoms with van der Waals surface area (Å²) in [6.45, 7) is 15.7. The minimum atomic E-state index is 0.164.